The summed E-state index contributed by atoms with van der Waals surface area (Å²) in [5.41, 5.74) is 15.1. The molecule has 0 aliphatic heterocycles. The summed E-state index contributed by atoms with van der Waals surface area (Å²) in [4.78, 5) is 9.46. The number of benzene rings is 7. The van der Waals surface area contributed by atoms with E-state index in [1.165, 1.54) is 34.1 Å². The molecule has 62 heavy (non-hydrogen) atoms. The minimum absolute atomic E-state index is 0. The van der Waals surface area contributed by atoms with E-state index in [1.807, 2.05) is 49.4 Å². The zero-order valence-electron chi connectivity index (χ0n) is 38.1. The molecule has 0 spiro atoms. The van der Waals surface area contributed by atoms with E-state index in [4.69, 9.17) is 17.9 Å². The van der Waals surface area contributed by atoms with Crippen molar-refractivity contribution >= 4 is 54.9 Å². The summed E-state index contributed by atoms with van der Waals surface area (Å²) in [5, 5.41) is 4.16. The molecule has 11 aromatic rings. The van der Waals surface area contributed by atoms with Crippen LogP contribution in [0.25, 0.3) is 94.4 Å². The molecule has 0 saturated carbocycles. The van der Waals surface area contributed by atoms with E-state index in [-0.39, 0.29) is 37.5 Å². The Balaban J connectivity index is 0.000000250. The molecule has 7 aromatic carbocycles. The van der Waals surface area contributed by atoms with Crippen LogP contribution in [-0.4, -0.2) is 14.5 Å². The van der Waals surface area contributed by atoms with Gasteiger partial charge in [0.1, 0.15) is 5.58 Å². The maximum Gasteiger partial charge on any atom is 0.177 e. The number of pyridine rings is 1. The van der Waals surface area contributed by atoms with E-state index in [0.29, 0.717) is 0 Å². The molecule has 11 rings (SSSR count). The molecule has 0 aliphatic rings. The first-order valence-electron chi connectivity index (χ1n) is 22.3. The largest absolute Gasteiger partial charge is 0.497 e. The molecule has 0 bridgehead atoms. The van der Waals surface area contributed by atoms with Gasteiger partial charge in [0.05, 0.1) is 22.4 Å². The van der Waals surface area contributed by atoms with Crippen LogP contribution in [0.3, 0.4) is 0 Å². The SMILES string of the molecule is CC(C)c1cc(-c2ccccc2)cc(C(C)C)c1-n1c(-c2[c-]ccc3c2oc2c3ccc3c4ccccc4oc32)nc2ccccc21.[2H]C([2H])([2H])c1ccc(-c2[c-]cc(C)cc2)nc1.[Ir]. The van der Waals surface area contributed by atoms with Gasteiger partial charge in [-0.25, -0.2) is 0 Å². The fraction of sp³-hybridized carbons (Fsp3) is 0.143. The number of hydrogen-bond acceptors (Lipinski definition) is 4. The summed E-state index contributed by atoms with van der Waals surface area (Å²) in [7, 11) is 0. The Hall–Kier alpha value is -6.59. The van der Waals surface area contributed by atoms with E-state index in [0.717, 1.165) is 83.1 Å². The van der Waals surface area contributed by atoms with Crippen molar-refractivity contribution in [1.82, 2.24) is 14.5 Å². The van der Waals surface area contributed by atoms with Crippen molar-refractivity contribution in [1.29, 1.82) is 0 Å². The van der Waals surface area contributed by atoms with Crippen molar-refractivity contribution in [3.8, 4) is 39.5 Å². The third-order valence-electron chi connectivity index (χ3n) is 11.5. The van der Waals surface area contributed by atoms with E-state index < -0.39 is 6.85 Å². The Morgan fingerprint density at radius 1 is 0.629 bits per heavy atom. The van der Waals surface area contributed by atoms with Gasteiger partial charge in [0.15, 0.2) is 11.2 Å². The monoisotopic (exact) mass is 987 g/mol. The average Bonchev–Trinajstić information content (AvgIpc) is 4.01. The molecule has 307 valence electrons. The molecule has 4 aromatic heterocycles. The van der Waals surface area contributed by atoms with Gasteiger partial charge < -0.3 is 18.4 Å². The Bertz CT molecular complexity index is 3460. The van der Waals surface area contributed by atoms with Crippen molar-refractivity contribution in [3.05, 3.63) is 186 Å². The van der Waals surface area contributed by atoms with Crippen LogP contribution in [-0.2, 0) is 20.1 Å². The van der Waals surface area contributed by atoms with Crippen LogP contribution in [0.1, 0.15) is 65.9 Å². The molecular weight excluding hydrogens is 939 g/mol. The third-order valence-corrected chi connectivity index (χ3v) is 11.5. The number of rotatable bonds is 6. The molecule has 6 heteroatoms. The topological polar surface area (TPSA) is 57.0 Å². The zero-order chi connectivity index (χ0) is 44.3. The quantitative estimate of drug-likeness (QED) is 0.156. The van der Waals surface area contributed by atoms with E-state index in [1.54, 1.807) is 12.1 Å². The Kier molecular flexibility index (Phi) is 10.0. The summed E-state index contributed by atoms with van der Waals surface area (Å²) in [6.07, 6.45) is 1.40. The van der Waals surface area contributed by atoms with Gasteiger partial charge in [-0.2, -0.15) is 0 Å². The van der Waals surface area contributed by atoms with Gasteiger partial charge in [-0.05, 0) is 88.6 Å². The van der Waals surface area contributed by atoms with Crippen LogP contribution in [0.4, 0.5) is 0 Å². The summed E-state index contributed by atoms with van der Waals surface area (Å²) in [6, 6.07) is 56.1. The molecule has 0 unspecified atom stereocenters. The van der Waals surface area contributed by atoms with Gasteiger partial charge >= 0.3 is 0 Å². The molecule has 0 atom stereocenters. The molecule has 5 nitrogen and oxygen atoms in total. The van der Waals surface area contributed by atoms with E-state index >= 15 is 0 Å². The number of aryl methyl sites for hydroxylation is 2. The van der Waals surface area contributed by atoms with Gasteiger partial charge in [-0.3, -0.25) is 4.98 Å². The minimum atomic E-state index is -2.09. The van der Waals surface area contributed by atoms with Crippen molar-refractivity contribution in [3.63, 3.8) is 0 Å². The normalized spacial score (nSPS) is 12.5. The van der Waals surface area contributed by atoms with Crippen molar-refractivity contribution in [2.75, 3.05) is 0 Å². The van der Waals surface area contributed by atoms with Gasteiger partial charge in [0.25, 0.3) is 0 Å². The molecule has 1 radical (unpaired) electrons. The number of furan rings is 2. The Morgan fingerprint density at radius 3 is 2.02 bits per heavy atom. The van der Waals surface area contributed by atoms with Gasteiger partial charge in [-0.1, -0.05) is 124 Å². The first-order valence-corrected chi connectivity index (χ1v) is 20.8. The first-order chi connectivity index (χ1) is 30.9. The molecule has 0 fully saturated rings. The molecular formula is C56H45IrN3O2-2. The maximum absolute atomic E-state index is 7.26. The summed E-state index contributed by atoms with van der Waals surface area (Å²) in [6.45, 7) is 9.01. The van der Waals surface area contributed by atoms with Crippen molar-refractivity contribution in [2.45, 2.75) is 53.3 Å². The minimum Gasteiger partial charge on any atom is -0.497 e. The Labute approximate surface area is 379 Å². The molecule has 0 amide bonds. The molecule has 0 N–H and O–H groups in total. The van der Waals surface area contributed by atoms with Crippen molar-refractivity contribution in [2.24, 2.45) is 0 Å². The zero-order valence-corrected chi connectivity index (χ0v) is 37.5. The molecule has 4 heterocycles. The van der Waals surface area contributed by atoms with Crippen LogP contribution < -0.4 is 0 Å². The van der Waals surface area contributed by atoms with Crippen LogP contribution in [0.5, 0.6) is 0 Å². The summed E-state index contributed by atoms with van der Waals surface area (Å²) >= 11 is 0. The number of fused-ring (bicyclic) bond motifs is 8. The molecule has 0 saturated heterocycles. The summed E-state index contributed by atoms with van der Waals surface area (Å²) in [5.74, 6) is 1.35. The fourth-order valence-corrected chi connectivity index (χ4v) is 8.40. The number of imidazole rings is 1. The van der Waals surface area contributed by atoms with Crippen molar-refractivity contribution < 1.29 is 33.1 Å². The van der Waals surface area contributed by atoms with E-state index in [9.17, 15) is 0 Å². The second-order valence-corrected chi connectivity index (χ2v) is 16.3. The van der Waals surface area contributed by atoms with Crippen LogP contribution in [0.2, 0.25) is 0 Å². The predicted molar refractivity (Wildman–Crippen MR) is 251 cm³/mol. The maximum atomic E-state index is 7.26. The van der Waals surface area contributed by atoms with Crippen LogP contribution >= 0.6 is 0 Å². The standard InChI is InChI=1S/C43H33N2O2.C13H12N.Ir/c1-25(2)34-23-28(27-13-6-5-7-14-27)24-35(26(3)4)39(34)45-37-19-10-9-18-36(37)44-43(45)33-17-12-16-30-32-22-21-31-29-15-8-11-20-38(29)46-41(31)42(32)47-40(30)33;1-10-3-6-12(7-4-10)13-8-5-11(2)9-14-13;/h5-16,18-26H,1-4H3;3-6,8-9H,1-2H3;/q2*-1;/i;2D3;. The fourth-order valence-electron chi connectivity index (χ4n) is 8.40. The second-order valence-electron chi connectivity index (χ2n) is 16.3. The predicted octanol–water partition coefficient (Wildman–Crippen LogP) is 15.4. The number of hydrogen-bond donors (Lipinski definition) is 0. The summed E-state index contributed by atoms with van der Waals surface area (Å²) < 4.78 is 37.3. The number of para-hydroxylation sites is 3. The Morgan fingerprint density at radius 2 is 1.31 bits per heavy atom. The van der Waals surface area contributed by atoms with E-state index in [2.05, 4.69) is 140 Å². The molecule has 0 aliphatic carbocycles. The van der Waals surface area contributed by atoms with Gasteiger partial charge in [-0.15, -0.1) is 53.6 Å². The first kappa shape index (κ1) is 37.2. The number of aromatic nitrogens is 3. The van der Waals surface area contributed by atoms with Crippen LogP contribution in [0, 0.1) is 25.9 Å². The third kappa shape index (κ3) is 7.23. The second kappa shape index (κ2) is 16.7. The van der Waals surface area contributed by atoms with Gasteiger partial charge in [0.2, 0.25) is 0 Å². The number of nitrogens with zero attached hydrogens (tertiary/aromatic N) is 3. The smallest absolute Gasteiger partial charge is 0.177 e. The van der Waals surface area contributed by atoms with Crippen LogP contribution in [0.15, 0.2) is 161 Å². The average molecular weight is 987 g/mol. The van der Waals surface area contributed by atoms with Gasteiger partial charge in [0, 0.05) is 52.3 Å².